The van der Waals surface area contributed by atoms with Crippen molar-refractivity contribution in [3.63, 3.8) is 0 Å². The number of hydrogen-bond acceptors (Lipinski definition) is 2. The van der Waals surface area contributed by atoms with Gasteiger partial charge in [-0.1, -0.05) is 6.58 Å². The van der Waals surface area contributed by atoms with Gasteiger partial charge >= 0.3 is 0 Å². The Morgan fingerprint density at radius 1 is 1.10 bits per heavy atom. The molecule has 0 amide bonds. The number of rotatable bonds is 2. The van der Waals surface area contributed by atoms with E-state index in [9.17, 15) is 0 Å². The lowest BCUT2D eigenvalue weighted by Crippen LogP contribution is -2.02. The number of hydrogen-bond donors (Lipinski definition) is 0. The fraction of sp³-hybridized carbons (Fsp3) is 0.750. The first-order chi connectivity index (χ1) is 4.70. The summed E-state index contributed by atoms with van der Waals surface area (Å²) in [7, 11) is 0. The van der Waals surface area contributed by atoms with Gasteiger partial charge in [-0.15, -0.1) is 0 Å². The Morgan fingerprint density at radius 3 is 1.60 bits per heavy atom. The molecule has 0 N–H and O–H groups in total. The highest BCUT2D eigenvalue weighted by molar-refractivity contribution is 5.22. The summed E-state index contributed by atoms with van der Waals surface area (Å²) in [6.07, 6.45) is 1.33. The zero-order valence-corrected chi connectivity index (χ0v) is 6.33. The summed E-state index contributed by atoms with van der Waals surface area (Å²) in [5, 5.41) is 0. The van der Waals surface area contributed by atoms with Crippen molar-refractivity contribution in [1.82, 2.24) is 0 Å². The number of ether oxygens (including phenoxy) is 2. The minimum atomic E-state index is 0.287. The first-order valence-corrected chi connectivity index (χ1v) is 3.70. The normalized spacial score (nSPS) is 50.6. The van der Waals surface area contributed by atoms with Gasteiger partial charge in [0.15, 0.2) is 0 Å². The fourth-order valence-electron chi connectivity index (χ4n) is 1.31. The molecule has 4 atom stereocenters. The zero-order chi connectivity index (χ0) is 7.30. The maximum Gasteiger partial charge on any atom is 0.107 e. The van der Waals surface area contributed by atoms with E-state index >= 15 is 0 Å². The van der Waals surface area contributed by atoms with Crippen LogP contribution in [0.2, 0.25) is 0 Å². The Labute approximate surface area is 60.8 Å². The predicted molar refractivity (Wildman–Crippen MR) is 37.8 cm³/mol. The van der Waals surface area contributed by atoms with Crippen molar-refractivity contribution in [1.29, 1.82) is 0 Å². The third kappa shape index (κ3) is 0.879. The van der Waals surface area contributed by atoms with Gasteiger partial charge in [0.1, 0.15) is 12.2 Å². The quantitative estimate of drug-likeness (QED) is 0.424. The molecule has 10 heavy (non-hydrogen) atoms. The van der Waals surface area contributed by atoms with Crippen LogP contribution in [0.4, 0.5) is 0 Å². The van der Waals surface area contributed by atoms with E-state index in [1.54, 1.807) is 0 Å². The summed E-state index contributed by atoms with van der Waals surface area (Å²) in [6, 6.07) is 0. The maximum absolute atomic E-state index is 5.25. The van der Waals surface area contributed by atoms with Crippen molar-refractivity contribution >= 4 is 0 Å². The predicted octanol–water partition coefficient (Wildman–Crippen LogP) is 1.12. The monoisotopic (exact) mass is 140 g/mol. The van der Waals surface area contributed by atoms with Crippen LogP contribution in [-0.4, -0.2) is 24.4 Å². The molecule has 0 spiro atoms. The van der Waals surface area contributed by atoms with Crippen molar-refractivity contribution in [2.75, 3.05) is 0 Å². The van der Waals surface area contributed by atoms with E-state index in [-0.39, 0.29) is 12.2 Å². The van der Waals surface area contributed by atoms with Crippen molar-refractivity contribution in [2.24, 2.45) is 0 Å². The molecule has 0 aliphatic carbocycles. The van der Waals surface area contributed by atoms with Gasteiger partial charge in [-0.2, -0.15) is 0 Å². The lowest BCUT2D eigenvalue weighted by molar-refractivity contribution is 0.367. The summed E-state index contributed by atoms with van der Waals surface area (Å²) >= 11 is 0. The SMILES string of the molecule is C=C([C@@H]1O[C@H]1C)[C@@H]1O[C@H]1C. The molecule has 2 heterocycles. The van der Waals surface area contributed by atoms with Gasteiger partial charge in [0.25, 0.3) is 0 Å². The Kier molecular flexibility index (Phi) is 1.17. The van der Waals surface area contributed by atoms with Crippen LogP contribution in [0.1, 0.15) is 13.8 Å². The molecular formula is C8H12O2. The summed E-state index contributed by atoms with van der Waals surface area (Å²) in [6.45, 7) is 8.05. The van der Waals surface area contributed by atoms with Crippen LogP contribution in [0.5, 0.6) is 0 Å². The van der Waals surface area contributed by atoms with Crippen LogP contribution in [0.3, 0.4) is 0 Å². The molecule has 0 bridgehead atoms. The fourth-order valence-corrected chi connectivity index (χ4v) is 1.31. The summed E-state index contributed by atoms with van der Waals surface area (Å²) in [5.41, 5.74) is 1.13. The molecule has 2 saturated heterocycles. The van der Waals surface area contributed by atoms with Gasteiger partial charge in [0, 0.05) is 0 Å². The highest BCUT2D eigenvalue weighted by atomic mass is 16.6. The summed E-state index contributed by atoms with van der Waals surface area (Å²) in [5.74, 6) is 0. The second-order valence-electron chi connectivity index (χ2n) is 3.10. The van der Waals surface area contributed by atoms with Crippen molar-refractivity contribution in [3.8, 4) is 0 Å². The molecule has 2 fully saturated rings. The van der Waals surface area contributed by atoms with Gasteiger partial charge in [-0.3, -0.25) is 0 Å². The topological polar surface area (TPSA) is 25.1 Å². The maximum atomic E-state index is 5.25. The summed E-state index contributed by atoms with van der Waals surface area (Å²) in [4.78, 5) is 0. The average molecular weight is 140 g/mol. The van der Waals surface area contributed by atoms with Crippen molar-refractivity contribution in [3.05, 3.63) is 12.2 Å². The molecule has 0 radical (unpaired) electrons. The number of epoxide rings is 2. The first-order valence-electron chi connectivity index (χ1n) is 3.70. The molecule has 56 valence electrons. The molecule has 0 aromatic carbocycles. The Morgan fingerprint density at radius 2 is 1.40 bits per heavy atom. The Bertz CT molecular complexity index is 158. The van der Waals surface area contributed by atoms with Crippen molar-refractivity contribution < 1.29 is 9.47 Å². The third-order valence-electron chi connectivity index (χ3n) is 2.15. The van der Waals surface area contributed by atoms with Gasteiger partial charge in [-0.05, 0) is 19.4 Å². The van der Waals surface area contributed by atoms with Crippen LogP contribution in [0.15, 0.2) is 12.2 Å². The largest absolute Gasteiger partial charge is 0.365 e. The van der Waals surface area contributed by atoms with E-state index in [0.29, 0.717) is 12.2 Å². The molecule has 0 aromatic rings. The van der Waals surface area contributed by atoms with Gasteiger partial charge in [-0.25, -0.2) is 0 Å². The zero-order valence-electron chi connectivity index (χ0n) is 6.33. The standard InChI is InChI=1S/C8H12O2/c1-4(7-5(2)9-7)8-6(3)10-8/h5-8H,1H2,2-3H3/t5-,6-,7-,8-/m0/s1. The van der Waals surface area contributed by atoms with E-state index in [1.165, 1.54) is 0 Å². The molecule has 2 aliphatic rings. The molecule has 2 nitrogen and oxygen atoms in total. The Hall–Kier alpha value is -0.340. The minimum absolute atomic E-state index is 0.287. The lowest BCUT2D eigenvalue weighted by atomic mass is 10.1. The van der Waals surface area contributed by atoms with E-state index in [4.69, 9.17) is 9.47 Å². The second-order valence-corrected chi connectivity index (χ2v) is 3.10. The minimum Gasteiger partial charge on any atom is -0.365 e. The van der Waals surface area contributed by atoms with E-state index in [0.717, 1.165) is 5.57 Å². The van der Waals surface area contributed by atoms with E-state index < -0.39 is 0 Å². The van der Waals surface area contributed by atoms with Gasteiger partial charge in [0.2, 0.25) is 0 Å². The highest BCUT2D eigenvalue weighted by Gasteiger charge is 2.47. The van der Waals surface area contributed by atoms with Crippen molar-refractivity contribution in [2.45, 2.75) is 38.3 Å². The van der Waals surface area contributed by atoms with Gasteiger partial charge < -0.3 is 9.47 Å². The molecule has 2 rings (SSSR count). The van der Waals surface area contributed by atoms with Gasteiger partial charge in [0.05, 0.1) is 12.2 Å². The van der Waals surface area contributed by atoms with E-state index in [1.807, 2.05) is 0 Å². The van der Waals surface area contributed by atoms with Crippen LogP contribution in [0.25, 0.3) is 0 Å². The molecule has 0 aromatic heterocycles. The van der Waals surface area contributed by atoms with Crippen LogP contribution >= 0.6 is 0 Å². The smallest absolute Gasteiger partial charge is 0.107 e. The molecule has 2 aliphatic heterocycles. The molecule has 0 saturated carbocycles. The molecule has 0 unspecified atom stereocenters. The van der Waals surface area contributed by atoms with Crippen LogP contribution in [-0.2, 0) is 9.47 Å². The average Bonchev–Trinajstić information content (AvgIpc) is 2.70. The third-order valence-corrected chi connectivity index (χ3v) is 2.15. The van der Waals surface area contributed by atoms with Crippen LogP contribution in [0, 0.1) is 0 Å². The second kappa shape index (κ2) is 1.83. The molecule has 2 heteroatoms. The first kappa shape index (κ1) is 6.38. The van der Waals surface area contributed by atoms with E-state index in [2.05, 4.69) is 20.4 Å². The lowest BCUT2D eigenvalue weighted by Gasteiger charge is -1.92. The Balaban J connectivity index is 1.89. The van der Waals surface area contributed by atoms with Crippen LogP contribution < -0.4 is 0 Å². The molecular weight excluding hydrogens is 128 g/mol. The summed E-state index contributed by atoms with van der Waals surface area (Å²) < 4.78 is 10.5. The highest BCUT2D eigenvalue weighted by Crippen LogP contribution is 2.38.